The van der Waals surface area contributed by atoms with Crippen molar-refractivity contribution in [1.82, 2.24) is 10.3 Å². The second-order valence-corrected chi connectivity index (χ2v) is 5.60. The number of benzene rings is 1. The van der Waals surface area contributed by atoms with Crippen LogP contribution < -0.4 is 10.6 Å². The average Bonchev–Trinajstić information content (AvgIpc) is 2.59. The van der Waals surface area contributed by atoms with E-state index in [2.05, 4.69) is 22.5 Å². The van der Waals surface area contributed by atoms with Crippen LogP contribution in [0.15, 0.2) is 42.6 Å². The topological polar surface area (TPSA) is 54.0 Å². The van der Waals surface area contributed by atoms with Crippen LogP contribution in [0.2, 0.25) is 0 Å². The lowest BCUT2D eigenvalue weighted by atomic mass is 10.2. The number of nitrogens with one attached hydrogen (secondary N) is 2. The lowest BCUT2D eigenvalue weighted by Crippen LogP contribution is -2.25. The summed E-state index contributed by atoms with van der Waals surface area (Å²) in [4.78, 5) is 16.0. The maximum atomic E-state index is 12.7. The van der Waals surface area contributed by atoms with Gasteiger partial charge in [0, 0.05) is 12.2 Å². The van der Waals surface area contributed by atoms with Crippen molar-refractivity contribution in [1.29, 1.82) is 0 Å². The van der Waals surface area contributed by atoms with Crippen molar-refractivity contribution in [3.8, 4) is 0 Å². The fraction of sp³-hybridized carbons (Fsp3) is 0.333. The average molecular weight is 351 g/mol. The van der Waals surface area contributed by atoms with Gasteiger partial charge in [0.2, 0.25) is 0 Å². The van der Waals surface area contributed by atoms with Crippen molar-refractivity contribution in [2.75, 3.05) is 11.9 Å². The number of carbonyl (C=O) groups is 1. The summed E-state index contributed by atoms with van der Waals surface area (Å²) in [5.41, 5.74) is 0.342. The van der Waals surface area contributed by atoms with Crippen LogP contribution in [0, 0.1) is 0 Å². The highest BCUT2D eigenvalue weighted by atomic mass is 19.4. The molecule has 0 saturated carbocycles. The van der Waals surface area contributed by atoms with Crippen LogP contribution in [0.1, 0.15) is 42.2 Å². The molecule has 1 heterocycles. The van der Waals surface area contributed by atoms with E-state index in [9.17, 15) is 18.0 Å². The molecule has 7 heteroatoms. The zero-order valence-corrected chi connectivity index (χ0v) is 13.9. The lowest BCUT2D eigenvalue weighted by molar-refractivity contribution is -0.137. The van der Waals surface area contributed by atoms with Gasteiger partial charge in [0.05, 0.1) is 17.4 Å². The zero-order chi connectivity index (χ0) is 18.3. The molecule has 0 atom stereocenters. The molecule has 134 valence electrons. The summed E-state index contributed by atoms with van der Waals surface area (Å²) in [6.45, 7) is 2.68. The van der Waals surface area contributed by atoms with E-state index in [1.807, 2.05) is 0 Å². The fourth-order valence-corrected chi connectivity index (χ4v) is 2.21. The van der Waals surface area contributed by atoms with Crippen LogP contribution in [0.25, 0.3) is 0 Å². The van der Waals surface area contributed by atoms with Crippen LogP contribution >= 0.6 is 0 Å². The number of rotatable bonds is 7. The van der Waals surface area contributed by atoms with Gasteiger partial charge in [-0.1, -0.05) is 25.8 Å². The van der Waals surface area contributed by atoms with E-state index in [1.54, 1.807) is 6.07 Å². The number of nitrogens with zero attached hydrogens (tertiary/aromatic N) is 1. The molecule has 1 aromatic heterocycles. The molecule has 0 aliphatic carbocycles. The molecular formula is C18H20F3N3O. The third-order valence-corrected chi connectivity index (χ3v) is 3.54. The quantitative estimate of drug-likeness (QED) is 0.707. The molecule has 1 aromatic carbocycles. The number of hydrogen-bond acceptors (Lipinski definition) is 3. The number of halogens is 3. The molecule has 0 fully saturated rings. The third-order valence-electron chi connectivity index (χ3n) is 3.54. The Morgan fingerprint density at radius 2 is 1.92 bits per heavy atom. The molecule has 0 unspecified atom stereocenters. The third kappa shape index (κ3) is 5.77. The highest BCUT2D eigenvalue weighted by Gasteiger charge is 2.30. The first-order valence-electron chi connectivity index (χ1n) is 8.08. The molecule has 0 aliphatic rings. The molecule has 0 aliphatic heterocycles. The van der Waals surface area contributed by atoms with Gasteiger partial charge in [0.25, 0.3) is 5.91 Å². The second kappa shape index (κ2) is 8.50. The van der Waals surface area contributed by atoms with E-state index < -0.39 is 11.7 Å². The molecule has 0 radical (unpaired) electrons. The van der Waals surface area contributed by atoms with E-state index in [0.717, 1.165) is 31.4 Å². The van der Waals surface area contributed by atoms with E-state index in [4.69, 9.17) is 0 Å². The van der Waals surface area contributed by atoms with Crippen LogP contribution in [-0.4, -0.2) is 17.4 Å². The molecule has 1 amide bonds. The number of alkyl halides is 3. The molecule has 0 bridgehead atoms. The smallest absolute Gasteiger partial charge is 0.354 e. The zero-order valence-electron chi connectivity index (χ0n) is 13.9. The molecule has 0 saturated heterocycles. The van der Waals surface area contributed by atoms with Crippen molar-refractivity contribution in [2.45, 2.75) is 32.4 Å². The molecule has 0 spiro atoms. The number of amides is 1. The highest BCUT2D eigenvalue weighted by Crippen LogP contribution is 2.31. The largest absolute Gasteiger partial charge is 0.416 e. The number of unbranched alkanes of at least 4 members (excludes halogenated alkanes) is 2. The van der Waals surface area contributed by atoms with Crippen LogP contribution in [-0.2, 0) is 6.18 Å². The Labute approximate surface area is 144 Å². The fourth-order valence-electron chi connectivity index (χ4n) is 2.21. The van der Waals surface area contributed by atoms with Gasteiger partial charge in [-0.15, -0.1) is 0 Å². The second-order valence-electron chi connectivity index (χ2n) is 5.60. The van der Waals surface area contributed by atoms with E-state index in [0.29, 0.717) is 17.9 Å². The Morgan fingerprint density at radius 3 is 2.56 bits per heavy atom. The standard InChI is InChI=1S/C18H20F3N3O/c1-2-3-4-10-22-17(25)16-9-8-15(12-23-16)24-14-7-5-6-13(11-14)18(19,20)21/h5-9,11-12,24H,2-4,10H2,1H3,(H,22,25). The maximum absolute atomic E-state index is 12.7. The minimum Gasteiger partial charge on any atom is -0.354 e. The molecular weight excluding hydrogens is 331 g/mol. The Bertz CT molecular complexity index is 699. The predicted octanol–water partition coefficient (Wildman–Crippen LogP) is 4.76. The number of pyridine rings is 1. The van der Waals surface area contributed by atoms with E-state index in [1.165, 1.54) is 24.4 Å². The monoisotopic (exact) mass is 351 g/mol. The van der Waals surface area contributed by atoms with Crippen LogP contribution in [0.4, 0.5) is 24.5 Å². The summed E-state index contributed by atoms with van der Waals surface area (Å²) in [5, 5.41) is 5.63. The predicted molar refractivity (Wildman–Crippen MR) is 90.8 cm³/mol. The first-order valence-corrected chi connectivity index (χ1v) is 8.08. The Morgan fingerprint density at radius 1 is 1.12 bits per heavy atom. The lowest BCUT2D eigenvalue weighted by Gasteiger charge is -2.11. The number of anilines is 2. The number of hydrogen-bond donors (Lipinski definition) is 2. The maximum Gasteiger partial charge on any atom is 0.416 e. The van der Waals surface area contributed by atoms with Gasteiger partial charge in [0.15, 0.2) is 0 Å². The van der Waals surface area contributed by atoms with Gasteiger partial charge in [-0.2, -0.15) is 13.2 Å². The van der Waals surface area contributed by atoms with E-state index >= 15 is 0 Å². The van der Waals surface area contributed by atoms with Crippen molar-refractivity contribution >= 4 is 17.3 Å². The first-order chi connectivity index (χ1) is 11.9. The molecule has 25 heavy (non-hydrogen) atoms. The van der Waals surface area contributed by atoms with Crippen molar-refractivity contribution in [2.24, 2.45) is 0 Å². The summed E-state index contributed by atoms with van der Waals surface area (Å²) in [5.74, 6) is -0.262. The first kappa shape index (κ1) is 18.8. The number of carbonyl (C=O) groups excluding carboxylic acids is 1. The van der Waals surface area contributed by atoms with Crippen LogP contribution in [0.5, 0.6) is 0 Å². The van der Waals surface area contributed by atoms with Gasteiger partial charge in [-0.05, 0) is 36.8 Å². The van der Waals surface area contributed by atoms with Crippen molar-refractivity contribution in [3.05, 3.63) is 53.9 Å². The summed E-state index contributed by atoms with van der Waals surface area (Å²) in [6.07, 6.45) is 0.0614. The summed E-state index contributed by atoms with van der Waals surface area (Å²) in [6, 6.07) is 8.03. The SMILES string of the molecule is CCCCCNC(=O)c1ccc(Nc2cccc(C(F)(F)F)c2)cn1. The minimum atomic E-state index is -4.39. The Kier molecular flexibility index (Phi) is 6.38. The summed E-state index contributed by atoms with van der Waals surface area (Å²) in [7, 11) is 0. The van der Waals surface area contributed by atoms with Crippen molar-refractivity contribution < 1.29 is 18.0 Å². The van der Waals surface area contributed by atoms with Crippen LogP contribution in [0.3, 0.4) is 0 Å². The van der Waals surface area contributed by atoms with Crippen molar-refractivity contribution in [3.63, 3.8) is 0 Å². The number of aromatic nitrogens is 1. The minimum absolute atomic E-state index is 0.262. The normalized spacial score (nSPS) is 11.2. The Hall–Kier alpha value is -2.57. The molecule has 2 rings (SSSR count). The van der Waals surface area contributed by atoms with Gasteiger partial charge in [-0.25, -0.2) is 4.98 Å². The molecule has 4 nitrogen and oxygen atoms in total. The molecule has 2 N–H and O–H groups in total. The Balaban J connectivity index is 1.97. The molecule has 2 aromatic rings. The van der Waals surface area contributed by atoms with Gasteiger partial charge in [-0.3, -0.25) is 4.79 Å². The van der Waals surface area contributed by atoms with E-state index in [-0.39, 0.29) is 11.6 Å². The summed E-state index contributed by atoms with van der Waals surface area (Å²) >= 11 is 0. The summed E-state index contributed by atoms with van der Waals surface area (Å²) < 4.78 is 38.1. The van der Waals surface area contributed by atoms with Gasteiger partial charge < -0.3 is 10.6 Å². The van der Waals surface area contributed by atoms with Gasteiger partial charge in [0.1, 0.15) is 5.69 Å². The van der Waals surface area contributed by atoms with Gasteiger partial charge >= 0.3 is 6.18 Å². The highest BCUT2D eigenvalue weighted by molar-refractivity contribution is 5.92.